The van der Waals surface area contributed by atoms with Crippen LogP contribution in [-0.4, -0.2) is 73.6 Å². The van der Waals surface area contributed by atoms with E-state index in [1.54, 1.807) is 17.0 Å². The van der Waals surface area contributed by atoms with Crippen LogP contribution in [0.4, 0.5) is 0 Å². The summed E-state index contributed by atoms with van der Waals surface area (Å²) in [7, 11) is -3.58. The lowest BCUT2D eigenvalue weighted by atomic mass is 10.1. The molecule has 2 heterocycles. The summed E-state index contributed by atoms with van der Waals surface area (Å²) in [5, 5.41) is 0. The van der Waals surface area contributed by atoms with Gasteiger partial charge in [-0.05, 0) is 59.8 Å². The van der Waals surface area contributed by atoms with Crippen LogP contribution in [0.15, 0.2) is 27.6 Å². The van der Waals surface area contributed by atoms with E-state index in [-0.39, 0.29) is 22.6 Å². The molecule has 0 unspecified atom stereocenters. The molecule has 1 aliphatic carbocycles. The molecule has 2 aliphatic heterocycles. The van der Waals surface area contributed by atoms with Crippen LogP contribution in [0.5, 0.6) is 0 Å². The second-order valence-corrected chi connectivity index (χ2v) is 10.4. The zero-order chi connectivity index (χ0) is 19.9. The molecule has 3 aliphatic rings. The highest BCUT2D eigenvalue weighted by molar-refractivity contribution is 9.10. The number of hydrogen-bond acceptors (Lipinski definition) is 4. The summed E-state index contributed by atoms with van der Waals surface area (Å²) in [5.41, 5.74) is 0.349. The molecule has 28 heavy (non-hydrogen) atoms. The maximum absolute atomic E-state index is 13.0. The summed E-state index contributed by atoms with van der Waals surface area (Å²) in [6.45, 7) is 3.05. The first-order valence-electron chi connectivity index (χ1n) is 9.76. The van der Waals surface area contributed by atoms with E-state index in [1.807, 2.05) is 4.90 Å². The molecule has 0 spiro atoms. The minimum atomic E-state index is -3.58. The monoisotopic (exact) mass is 469 g/mol. The van der Waals surface area contributed by atoms with Crippen molar-refractivity contribution < 1.29 is 18.0 Å². The third-order valence-corrected chi connectivity index (χ3v) is 8.26. The van der Waals surface area contributed by atoms with E-state index in [4.69, 9.17) is 0 Å². The van der Waals surface area contributed by atoms with Crippen molar-refractivity contribution in [2.75, 3.05) is 39.3 Å². The second-order valence-electron chi connectivity index (χ2n) is 7.64. The lowest BCUT2D eigenvalue weighted by Crippen LogP contribution is -2.51. The molecule has 2 amide bonds. The average Bonchev–Trinajstić information content (AvgIpc) is 3.40. The molecule has 0 radical (unpaired) electrons. The van der Waals surface area contributed by atoms with E-state index in [9.17, 15) is 18.0 Å². The topological polar surface area (TPSA) is 78.0 Å². The van der Waals surface area contributed by atoms with Crippen LogP contribution in [0.2, 0.25) is 0 Å². The Morgan fingerprint density at radius 1 is 0.929 bits per heavy atom. The molecular formula is C19H24BrN3O4S. The molecule has 7 nitrogen and oxygen atoms in total. The molecule has 3 fully saturated rings. The van der Waals surface area contributed by atoms with Gasteiger partial charge in [0.2, 0.25) is 15.9 Å². The van der Waals surface area contributed by atoms with Gasteiger partial charge in [-0.1, -0.05) is 0 Å². The Hall–Kier alpha value is -1.45. The summed E-state index contributed by atoms with van der Waals surface area (Å²) in [4.78, 5) is 28.9. The molecule has 1 aromatic rings. The zero-order valence-electron chi connectivity index (χ0n) is 15.6. The standard InChI is InChI=1S/C19H24BrN3O4S/c20-17-6-5-15(28(26,27)23-7-1-2-8-23)13-16(17)19(25)22-11-9-21(10-12-22)18(24)14-3-4-14/h5-6,13-14H,1-4,7-12H2. The number of amides is 2. The molecule has 2 saturated heterocycles. The van der Waals surface area contributed by atoms with Gasteiger partial charge in [0.1, 0.15) is 0 Å². The number of benzene rings is 1. The normalized spacial score (nSPS) is 21.2. The fourth-order valence-electron chi connectivity index (χ4n) is 3.80. The van der Waals surface area contributed by atoms with E-state index in [2.05, 4.69) is 15.9 Å². The van der Waals surface area contributed by atoms with Crippen LogP contribution in [0.1, 0.15) is 36.0 Å². The maximum atomic E-state index is 13.0. The number of rotatable bonds is 4. The second kappa shape index (κ2) is 7.76. The first-order chi connectivity index (χ1) is 13.4. The molecule has 0 aromatic heterocycles. The summed E-state index contributed by atoms with van der Waals surface area (Å²) in [6.07, 6.45) is 3.68. The van der Waals surface area contributed by atoms with Gasteiger partial charge in [-0.15, -0.1) is 0 Å². The minimum Gasteiger partial charge on any atom is -0.339 e. The fraction of sp³-hybridized carbons (Fsp3) is 0.579. The SMILES string of the molecule is O=C(c1cc(S(=O)(=O)N2CCCC2)ccc1Br)N1CCN(C(=O)C2CC2)CC1. The number of carbonyl (C=O) groups excluding carboxylic acids is 2. The molecule has 1 aromatic carbocycles. The van der Waals surface area contributed by atoms with Crippen molar-refractivity contribution in [3.05, 3.63) is 28.2 Å². The molecule has 1 saturated carbocycles. The van der Waals surface area contributed by atoms with Gasteiger partial charge in [0.15, 0.2) is 0 Å². The zero-order valence-corrected chi connectivity index (χ0v) is 18.0. The largest absolute Gasteiger partial charge is 0.339 e. The van der Waals surface area contributed by atoms with Crippen molar-refractivity contribution >= 4 is 37.8 Å². The third-order valence-electron chi connectivity index (χ3n) is 5.68. The van der Waals surface area contributed by atoms with Crippen LogP contribution >= 0.6 is 15.9 Å². The Morgan fingerprint density at radius 2 is 1.54 bits per heavy atom. The van der Waals surface area contributed by atoms with Gasteiger partial charge in [-0.2, -0.15) is 4.31 Å². The van der Waals surface area contributed by atoms with Gasteiger partial charge in [0.25, 0.3) is 5.91 Å². The van der Waals surface area contributed by atoms with Gasteiger partial charge in [-0.25, -0.2) is 8.42 Å². The highest BCUT2D eigenvalue weighted by Crippen LogP contribution is 2.31. The van der Waals surface area contributed by atoms with E-state index in [0.717, 1.165) is 25.7 Å². The summed E-state index contributed by atoms with van der Waals surface area (Å²) >= 11 is 3.39. The van der Waals surface area contributed by atoms with E-state index in [0.29, 0.717) is 49.3 Å². The number of sulfonamides is 1. The van der Waals surface area contributed by atoms with E-state index in [1.165, 1.54) is 10.4 Å². The van der Waals surface area contributed by atoms with Crippen molar-refractivity contribution in [2.24, 2.45) is 5.92 Å². The van der Waals surface area contributed by atoms with E-state index >= 15 is 0 Å². The maximum Gasteiger partial charge on any atom is 0.255 e. The molecule has 0 bridgehead atoms. The van der Waals surface area contributed by atoms with Crippen molar-refractivity contribution in [1.82, 2.24) is 14.1 Å². The van der Waals surface area contributed by atoms with Crippen LogP contribution in [0.3, 0.4) is 0 Å². The van der Waals surface area contributed by atoms with Gasteiger partial charge in [-0.3, -0.25) is 9.59 Å². The first kappa shape index (κ1) is 19.8. The van der Waals surface area contributed by atoms with Crippen LogP contribution in [-0.2, 0) is 14.8 Å². The smallest absolute Gasteiger partial charge is 0.255 e. The lowest BCUT2D eigenvalue weighted by Gasteiger charge is -2.35. The molecule has 0 N–H and O–H groups in total. The summed E-state index contributed by atoms with van der Waals surface area (Å²) in [6, 6.07) is 4.64. The van der Waals surface area contributed by atoms with E-state index < -0.39 is 10.0 Å². The number of nitrogens with zero attached hydrogens (tertiary/aromatic N) is 3. The predicted molar refractivity (Wildman–Crippen MR) is 107 cm³/mol. The van der Waals surface area contributed by atoms with Gasteiger partial charge in [0.05, 0.1) is 10.5 Å². The van der Waals surface area contributed by atoms with Gasteiger partial charge in [0, 0.05) is 49.7 Å². The first-order valence-corrected chi connectivity index (χ1v) is 12.0. The van der Waals surface area contributed by atoms with Crippen molar-refractivity contribution in [2.45, 2.75) is 30.6 Å². The average molecular weight is 470 g/mol. The fourth-order valence-corrected chi connectivity index (χ4v) is 5.76. The van der Waals surface area contributed by atoms with Crippen LogP contribution in [0, 0.1) is 5.92 Å². The van der Waals surface area contributed by atoms with Gasteiger partial charge >= 0.3 is 0 Å². The molecule has 4 rings (SSSR count). The number of piperazine rings is 1. The minimum absolute atomic E-state index is 0.156. The van der Waals surface area contributed by atoms with Crippen molar-refractivity contribution in [3.8, 4) is 0 Å². The Kier molecular flexibility index (Phi) is 5.50. The summed E-state index contributed by atoms with van der Waals surface area (Å²) in [5.74, 6) is 0.180. The van der Waals surface area contributed by atoms with Crippen molar-refractivity contribution in [3.63, 3.8) is 0 Å². The number of carbonyl (C=O) groups is 2. The molecular weight excluding hydrogens is 446 g/mol. The third kappa shape index (κ3) is 3.84. The Balaban J connectivity index is 1.49. The number of halogens is 1. The predicted octanol–water partition coefficient (Wildman–Crippen LogP) is 1.93. The molecule has 0 atom stereocenters. The number of hydrogen-bond donors (Lipinski definition) is 0. The Labute approximate surface area is 173 Å². The van der Waals surface area contributed by atoms with Crippen LogP contribution < -0.4 is 0 Å². The molecule has 9 heteroatoms. The quantitative estimate of drug-likeness (QED) is 0.674. The van der Waals surface area contributed by atoms with Gasteiger partial charge < -0.3 is 9.80 Å². The molecule has 152 valence electrons. The van der Waals surface area contributed by atoms with Crippen LogP contribution in [0.25, 0.3) is 0 Å². The lowest BCUT2D eigenvalue weighted by molar-refractivity contribution is -0.134. The summed E-state index contributed by atoms with van der Waals surface area (Å²) < 4.78 is 27.7. The highest BCUT2D eigenvalue weighted by atomic mass is 79.9. The highest BCUT2D eigenvalue weighted by Gasteiger charge is 2.35. The Bertz CT molecular complexity index is 886. The Morgan fingerprint density at radius 3 is 2.14 bits per heavy atom. The van der Waals surface area contributed by atoms with Crippen molar-refractivity contribution in [1.29, 1.82) is 0 Å².